The lowest BCUT2D eigenvalue weighted by atomic mass is 10.0. The summed E-state index contributed by atoms with van der Waals surface area (Å²) in [6.07, 6.45) is 0. The molecule has 0 bridgehead atoms. The number of aliphatic hydroxyl groups is 1. The van der Waals surface area contributed by atoms with Gasteiger partial charge in [-0.1, -0.05) is 30.3 Å². The van der Waals surface area contributed by atoms with E-state index in [0.717, 1.165) is 5.69 Å². The second-order valence-corrected chi connectivity index (χ2v) is 5.06. The Labute approximate surface area is 102 Å². The van der Waals surface area contributed by atoms with Crippen LogP contribution in [0.15, 0.2) is 42.5 Å². The van der Waals surface area contributed by atoms with Gasteiger partial charge in [0.2, 0.25) is 0 Å². The maximum Gasteiger partial charge on any atom is 0.0658 e. The van der Waals surface area contributed by atoms with Crippen molar-refractivity contribution in [2.75, 3.05) is 18.6 Å². The maximum absolute atomic E-state index is 9.40. The van der Waals surface area contributed by atoms with Crippen molar-refractivity contribution >= 4 is 16.5 Å². The predicted octanol–water partition coefficient (Wildman–Crippen LogP) is 3.05. The Balaban J connectivity index is 2.43. The van der Waals surface area contributed by atoms with E-state index in [0.29, 0.717) is 0 Å². The van der Waals surface area contributed by atoms with Gasteiger partial charge in [-0.05, 0) is 36.8 Å². The van der Waals surface area contributed by atoms with Gasteiger partial charge in [0.05, 0.1) is 12.1 Å². The third-order valence-electron chi connectivity index (χ3n) is 3.42. The summed E-state index contributed by atoms with van der Waals surface area (Å²) in [6, 6.07) is 14.7. The van der Waals surface area contributed by atoms with Crippen molar-refractivity contribution in [2.45, 2.75) is 19.4 Å². The highest BCUT2D eigenvalue weighted by molar-refractivity contribution is 5.85. The summed E-state index contributed by atoms with van der Waals surface area (Å²) in [7, 11) is 2.01. The lowest BCUT2D eigenvalue weighted by Gasteiger charge is -2.36. The van der Waals surface area contributed by atoms with Gasteiger partial charge < -0.3 is 10.0 Å². The fraction of sp³-hybridized carbons (Fsp3) is 0.333. The molecule has 0 heterocycles. The monoisotopic (exact) mass is 229 g/mol. The topological polar surface area (TPSA) is 23.5 Å². The van der Waals surface area contributed by atoms with Crippen LogP contribution in [0.1, 0.15) is 13.8 Å². The van der Waals surface area contributed by atoms with Gasteiger partial charge in [-0.15, -0.1) is 0 Å². The number of aliphatic hydroxyl groups excluding tert-OH is 1. The highest BCUT2D eigenvalue weighted by Crippen LogP contribution is 2.25. The minimum absolute atomic E-state index is 0.135. The normalized spacial score (nSPS) is 11.8. The summed E-state index contributed by atoms with van der Waals surface area (Å²) in [4.78, 5) is 2.11. The molecule has 0 fully saturated rings. The molecule has 0 unspecified atom stereocenters. The van der Waals surface area contributed by atoms with Crippen LogP contribution in [-0.2, 0) is 0 Å². The first-order valence-electron chi connectivity index (χ1n) is 5.88. The van der Waals surface area contributed by atoms with Crippen LogP contribution in [0.5, 0.6) is 0 Å². The summed E-state index contributed by atoms with van der Waals surface area (Å²) >= 11 is 0. The molecule has 0 aliphatic carbocycles. The van der Waals surface area contributed by atoms with Crippen molar-refractivity contribution in [1.82, 2.24) is 0 Å². The Hall–Kier alpha value is -1.54. The van der Waals surface area contributed by atoms with Gasteiger partial charge in [0, 0.05) is 12.7 Å². The Kier molecular flexibility index (Phi) is 3.07. The van der Waals surface area contributed by atoms with E-state index in [1.54, 1.807) is 0 Å². The van der Waals surface area contributed by atoms with Crippen LogP contribution in [0.3, 0.4) is 0 Å². The van der Waals surface area contributed by atoms with Gasteiger partial charge in [-0.25, -0.2) is 0 Å². The molecule has 0 spiro atoms. The van der Waals surface area contributed by atoms with Crippen molar-refractivity contribution in [3.8, 4) is 0 Å². The third-order valence-corrected chi connectivity index (χ3v) is 3.42. The van der Waals surface area contributed by atoms with Crippen LogP contribution in [0.25, 0.3) is 10.8 Å². The smallest absolute Gasteiger partial charge is 0.0658 e. The van der Waals surface area contributed by atoms with E-state index in [4.69, 9.17) is 0 Å². The van der Waals surface area contributed by atoms with Gasteiger partial charge in [0.15, 0.2) is 0 Å². The van der Waals surface area contributed by atoms with E-state index >= 15 is 0 Å². The first-order valence-corrected chi connectivity index (χ1v) is 5.88. The Morgan fingerprint density at radius 2 is 1.71 bits per heavy atom. The number of benzene rings is 2. The molecule has 90 valence electrons. The van der Waals surface area contributed by atoms with Gasteiger partial charge >= 0.3 is 0 Å². The number of hydrogen-bond acceptors (Lipinski definition) is 2. The highest BCUT2D eigenvalue weighted by Gasteiger charge is 2.22. The Bertz CT molecular complexity index is 519. The number of rotatable bonds is 3. The molecule has 0 aliphatic rings. The molecule has 2 nitrogen and oxygen atoms in total. The average Bonchev–Trinajstić information content (AvgIpc) is 2.37. The molecular formula is C15H19NO. The number of hydrogen-bond donors (Lipinski definition) is 1. The van der Waals surface area contributed by atoms with Crippen molar-refractivity contribution in [2.24, 2.45) is 0 Å². The first-order chi connectivity index (χ1) is 8.04. The molecule has 2 aromatic rings. The second kappa shape index (κ2) is 4.38. The zero-order valence-electron chi connectivity index (χ0n) is 10.6. The van der Waals surface area contributed by atoms with Crippen molar-refractivity contribution < 1.29 is 5.11 Å². The van der Waals surface area contributed by atoms with E-state index < -0.39 is 0 Å². The molecule has 0 amide bonds. The van der Waals surface area contributed by atoms with Gasteiger partial charge in [0.1, 0.15) is 0 Å². The molecule has 0 saturated heterocycles. The predicted molar refractivity (Wildman–Crippen MR) is 73.5 cm³/mol. The van der Waals surface area contributed by atoms with Crippen LogP contribution < -0.4 is 4.90 Å². The van der Waals surface area contributed by atoms with Crippen LogP contribution >= 0.6 is 0 Å². The fourth-order valence-electron chi connectivity index (χ4n) is 1.84. The number of nitrogens with zero attached hydrogens (tertiary/aromatic N) is 1. The van der Waals surface area contributed by atoms with E-state index in [1.807, 2.05) is 33.0 Å². The SMILES string of the molecule is CN(c1ccc2ccccc2c1)C(C)(C)CO. The fourth-order valence-corrected chi connectivity index (χ4v) is 1.84. The number of anilines is 1. The molecular weight excluding hydrogens is 210 g/mol. The number of fused-ring (bicyclic) bond motifs is 1. The van der Waals surface area contributed by atoms with Crippen LogP contribution in [0.2, 0.25) is 0 Å². The lowest BCUT2D eigenvalue weighted by molar-refractivity contribution is 0.216. The Morgan fingerprint density at radius 1 is 1.06 bits per heavy atom. The van der Waals surface area contributed by atoms with Crippen molar-refractivity contribution in [3.05, 3.63) is 42.5 Å². The molecule has 0 aromatic heterocycles. The summed E-state index contributed by atoms with van der Waals surface area (Å²) in [5, 5.41) is 11.9. The standard InChI is InChI=1S/C15H19NO/c1-15(2,11-17)16(3)14-9-8-12-6-4-5-7-13(12)10-14/h4-10,17H,11H2,1-3H3. The van der Waals surface area contributed by atoms with E-state index in [-0.39, 0.29) is 12.1 Å². The van der Waals surface area contributed by atoms with Crippen molar-refractivity contribution in [1.29, 1.82) is 0 Å². The lowest BCUT2D eigenvalue weighted by Crippen LogP contribution is -2.44. The molecule has 2 heteroatoms. The van der Waals surface area contributed by atoms with Crippen molar-refractivity contribution in [3.63, 3.8) is 0 Å². The molecule has 0 saturated carbocycles. The van der Waals surface area contributed by atoms with Gasteiger partial charge in [-0.3, -0.25) is 0 Å². The van der Waals surface area contributed by atoms with Gasteiger partial charge in [0.25, 0.3) is 0 Å². The minimum atomic E-state index is -0.248. The zero-order valence-corrected chi connectivity index (χ0v) is 10.6. The van der Waals surface area contributed by atoms with E-state index in [2.05, 4.69) is 35.2 Å². The second-order valence-electron chi connectivity index (χ2n) is 5.06. The van der Waals surface area contributed by atoms with Gasteiger partial charge in [-0.2, -0.15) is 0 Å². The molecule has 2 rings (SSSR count). The molecule has 0 atom stereocenters. The first kappa shape index (κ1) is 11.9. The maximum atomic E-state index is 9.40. The third kappa shape index (κ3) is 2.27. The molecule has 17 heavy (non-hydrogen) atoms. The summed E-state index contributed by atoms with van der Waals surface area (Å²) in [5.41, 5.74) is 0.880. The quantitative estimate of drug-likeness (QED) is 0.874. The minimum Gasteiger partial charge on any atom is -0.394 e. The number of likely N-dealkylation sites (N-methyl/N-ethyl adjacent to an activating group) is 1. The summed E-state index contributed by atoms with van der Waals surface area (Å²) in [6.45, 7) is 4.20. The highest BCUT2D eigenvalue weighted by atomic mass is 16.3. The Morgan fingerprint density at radius 3 is 2.35 bits per heavy atom. The summed E-state index contributed by atoms with van der Waals surface area (Å²) in [5.74, 6) is 0. The molecule has 0 radical (unpaired) electrons. The molecule has 2 aromatic carbocycles. The van der Waals surface area contributed by atoms with Crippen LogP contribution in [-0.4, -0.2) is 24.3 Å². The average molecular weight is 229 g/mol. The molecule has 1 N–H and O–H groups in total. The van der Waals surface area contributed by atoms with E-state index in [1.165, 1.54) is 10.8 Å². The molecule has 0 aliphatic heterocycles. The summed E-state index contributed by atoms with van der Waals surface area (Å²) < 4.78 is 0. The van der Waals surface area contributed by atoms with Crippen LogP contribution in [0, 0.1) is 0 Å². The van der Waals surface area contributed by atoms with Crippen LogP contribution in [0.4, 0.5) is 5.69 Å². The van der Waals surface area contributed by atoms with E-state index in [9.17, 15) is 5.11 Å². The zero-order chi connectivity index (χ0) is 12.5. The largest absolute Gasteiger partial charge is 0.394 e.